The van der Waals surface area contributed by atoms with Crippen molar-refractivity contribution in [3.63, 3.8) is 0 Å². The second-order valence-corrected chi connectivity index (χ2v) is 15.5. The van der Waals surface area contributed by atoms with E-state index in [0.29, 0.717) is 0 Å². The van der Waals surface area contributed by atoms with Crippen molar-refractivity contribution in [3.8, 4) is 11.4 Å². The van der Waals surface area contributed by atoms with Gasteiger partial charge >= 0.3 is 0 Å². The summed E-state index contributed by atoms with van der Waals surface area (Å²) in [7, 11) is -3.87. The van der Waals surface area contributed by atoms with Gasteiger partial charge in [0.15, 0.2) is 0 Å². The molecule has 10 rings (SSSR count). The minimum absolute atomic E-state index is 0.266. The van der Waals surface area contributed by atoms with Crippen LogP contribution in [0.2, 0.25) is 0 Å². The van der Waals surface area contributed by atoms with Gasteiger partial charge in [0.25, 0.3) is 0 Å². The van der Waals surface area contributed by atoms with Crippen molar-refractivity contribution in [2.45, 2.75) is 30.6 Å². The first-order chi connectivity index (χ1) is 24.8. The molecule has 0 atom stereocenters. The van der Waals surface area contributed by atoms with Crippen LogP contribution >= 0.6 is 0 Å². The quantitative estimate of drug-likeness (QED) is 0.186. The third kappa shape index (κ3) is 4.30. The van der Waals surface area contributed by atoms with Crippen molar-refractivity contribution >= 4 is 75.4 Å². The van der Waals surface area contributed by atoms with E-state index in [2.05, 4.69) is 84.5 Å². The summed E-state index contributed by atoms with van der Waals surface area (Å²) in [5.74, 6) is 0. The zero-order valence-corrected chi connectivity index (χ0v) is 29.1. The number of aromatic nitrogens is 2. The Morgan fingerprint density at radius 1 is 0.451 bits per heavy atom. The van der Waals surface area contributed by atoms with Gasteiger partial charge in [-0.2, -0.15) is 0 Å². The number of hydrogen-bond acceptors (Lipinski definition) is 3. The fraction of sp³-hybridized carbons (Fsp3) is 0.0667. The lowest BCUT2D eigenvalue weighted by atomic mass is 10.0. The van der Waals surface area contributed by atoms with Crippen molar-refractivity contribution in [1.29, 1.82) is 0 Å². The zero-order valence-electron chi connectivity index (χ0n) is 28.3. The van der Waals surface area contributed by atoms with Crippen LogP contribution in [0.5, 0.6) is 0 Å². The molecule has 10 aromatic rings. The molecule has 3 aromatic heterocycles. The first-order valence-electron chi connectivity index (χ1n) is 17.1. The van der Waals surface area contributed by atoms with E-state index in [0.717, 1.165) is 76.9 Å². The zero-order chi connectivity index (χ0) is 34.6. The minimum Gasteiger partial charge on any atom is -0.456 e. The van der Waals surface area contributed by atoms with E-state index in [4.69, 9.17) is 4.42 Å². The molecule has 246 valence electrons. The second-order valence-electron chi connectivity index (χ2n) is 13.6. The molecule has 0 radical (unpaired) electrons. The highest BCUT2D eigenvalue weighted by Crippen LogP contribution is 2.39. The summed E-state index contributed by atoms with van der Waals surface area (Å²) < 4.78 is 39.6. The predicted molar refractivity (Wildman–Crippen MR) is 209 cm³/mol. The van der Waals surface area contributed by atoms with Gasteiger partial charge in [0.2, 0.25) is 9.84 Å². The molecule has 6 heteroatoms. The van der Waals surface area contributed by atoms with Crippen molar-refractivity contribution in [1.82, 2.24) is 9.13 Å². The van der Waals surface area contributed by atoms with Crippen molar-refractivity contribution in [2.24, 2.45) is 0 Å². The third-order valence-electron chi connectivity index (χ3n) is 10.4. The minimum atomic E-state index is -3.87. The van der Waals surface area contributed by atoms with Crippen LogP contribution in [-0.2, 0) is 9.84 Å². The van der Waals surface area contributed by atoms with E-state index < -0.39 is 9.84 Å². The Morgan fingerprint density at radius 2 is 0.961 bits per heavy atom. The number of furan rings is 1. The highest BCUT2D eigenvalue weighted by atomic mass is 32.2. The Morgan fingerprint density at radius 3 is 1.61 bits per heavy atom. The maximum Gasteiger partial charge on any atom is 0.206 e. The molecule has 0 unspecified atom stereocenters. The lowest BCUT2D eigenvalue weighted by Crippen LogP contribution is -2.03. The van der Waals surface area contributed by atoms with Gasteiger partial charge < -0.3 is 13.6 Å². The Bertz CT molecular complexity index is 3170. The van der Waals surface area contributed by atoms with E-state index in [9.17, 15) is 8.42 Å². The van der Waals surface area contributed by atoms with Gasteiger partial charge in [0.05, 0.1) is 37.5 Å². The summed E-state index contributed by atoms with van der Waals surface area (Å²) >= 11 is 0. The lowest BCUT2D eigenvalue weighted by Gasteiger charge is -2.15. The standard InChI is InChI=1S/C45H32N2O3S/c1-27-22-28(2)45(29(3)23-27)47-40-14-8-5-11-34(40)37-26-32(18-20-42(37)47)51(48,49)31-17-19-41-36(25-31)33-10-4-7-13-39(33)46(41)30-16-21-44-38(24-30)35-12-6-9-15-43(35)50-44/h4-26H,1-3H3. The average Bonchev–Trinajstić information content (AvgIpc) is 3.78. The summed E-state index contributed by atoms with van der Waals surface area (Å²) in [6, 6.07) is 46.2. The topological polar surface area (TPSA) is 57.1 Å². The first kappa shape index (κ1) is 29.8. The molecule has 51 heavy (non-hydrogen) atoms. The van der Waals surface area contributed by atoms with Crippen LogP contribution in [0.3, 0.4) is 0 Å². The van der Waals surface area contributed by atoms with Crippen molar-refractivity contribution < 1.29 is 12.8 Å². The molecule has 0 saturated carbocycles. The van der Waals surface area contributed by atoms with E-state index in [1.54, 1.807) is 12.1 Å². The van der Waals surface area contributed by atoms with Gasteiger partial charge in [0, 0.05) is 38.0 Å². The third-order valence-corrected chi connectivity index (χ3v) is 12.1. The number of benzene rings is 7. The maximum atomic E-state index is 14.5. The molecular weight excluding hydrogens is 649 g/mol. The molecule has 0 fully saturated rings. The largest absolute Gasteiger partial charge is 0.456 e. The van der Waals surface area contributed by atoms with Crippen LogP contribution in [0.15, 0.2) is 154 Å². The Labute approximate surface area is 294 Å². The van der Waals surface area contributed by atoms with E-state index >= 15 is 0 Å². The fourth-order valence-corrected chi connectivity index (χ4v) is 9.58. The molecule has 0 saturated heterocycles. The normalized spacial score (nSPS) is 12.4. The molecule has 0 bridgehead atoms. The number of rotatable bonds is 4. The monoisotopic (exact) mass is 680 g/mol. The molecule has 5 nitrogen and oxygen atoms in total. The maximum absolute atomic E-state index is 14.5. The summed E-state index contributed by atoms with van der Waals surface area (Å²) in [4.78, 5) is 0.540. The number of aryl methyl sites for hydroxylation is 3. The van der Waals surface area contributed by atoms with Crippen LogP contribution in [0.4, 0.5) is 0 Å². The smallest absolute Gasteiger partial charge is 0.206 e. The average molecular weight is 681 g/mol. The van der Waals surface area contributed by atoms with Crippen LogP contribution in [0, 0.1) is 20.8 Å². The fourth-order valence-electron chi connectivity index (χ4n) is 8.27. The Kier molecular flexibility index (Phi) is 6.24. The number of sulfone groups is 1. The molecule has 0 aliphatic rings. The van der Waals surface area contributed by atoms with E-state index in [1.165, 1.54) is 16.7 Å². The van der Waals surface area contributed by atoms with Crippen molar-refractivity contribution in [3.05, 3.63) is 156 Å². The molecule has 0 aliphatic heterocycles. The van der Waals surface area contributed by atoms with Gasteiger partial charge in [0.1, 0.15) is 11.2 Å². The van der Waals surface area contributed by atoms with Crippen LogP contribution in [0.25, 0.3) is 76.9 Å². The van der Waals surface area contributed by atoms with Gasteiger partial charge in [-0.05, 0) is 105 Å². The summed E-state index contributed by atoms with van der Waals surface area (Å²) in [6.45, 7) is 6.39. The molecule has 0 amide bonds. The Balaban J connectivity index is 1.15. The molecule has 0 aliphatic carbocycles. The van der Waals surface area contributed by atoms with Gasteiger partial charge in [-0.3, -0.25) is 0 Å². The molecular formula is C45H32N2O3S. The van der Waals surface area contributed by atoms with Gasteiger partial charge in [-0.1, -0.05) is 72.3 Å². The number of para-hydroxylation sites is 3. The summed E-state index contributed by atoms with van der Waals surface area (Å²) in [5, 5.41) is 5.90. The SMILES string of the molecule is Cc1cc(C)c(-n2c3ccccc3c3cc(S(=O)(=O)c4ccc5c(c4)c4ccccc4n5-c4ccc5oc6ccccc6c5c4)ccc32)c(C)c1. The van der Waals surface area contributed by atoms with Crippen LogP contribution in [-0.4, -0.2) is 17.6 Å². The summed E-state index contributed by atoms with van der Waals surface area (Å²) in [5.41, 5.74) is 11.3. The number of fused-ring (bicyclic) bond motifs is 9. The second kappa shape index (κ2) is 10.7. The summed E-state index contributed by atoms with van der Waals surface area (Å²) in [6.07, 6.45) is 0. The lowest BCUT2D eigenvalue weighted by molar-refractivity contribution is 0.596. The van der Waals surface area contributed by atoms with Gasteiger partial charge in [-0.25, -0.2) is 8.42 Å². The van der Waals surface area contributed by atoms with E-state index in [1.807, 2.05) is 72.8 Å². The molecule has 3 heterocycles. The highest BCUT2D eigenvalue weighted by molar-refractivity contribution is 7.91. The number of hydrogen-bond donors (Lipinski definition) is 0. The molecule has 0 spiro atoms. The van der Waals surface area contributed by atoms with E-state index in [-0.39, 0.29) is 9.79 Å². The Hall–Kier alpha value is -6.11. The van der Waals surface area contributed by atoms with Gasteiger partial charge in [-0.15, -0.1) is 0 Å². The highest BCUT2D eigenvalue weighted by Gasteiger charge is 2.24. The molecule has 7 aromatic carbocycles. The predicted octanol–water partition coefficient (Wildman–Crippen LogP) is 11.5. The number of nitrogens with zero attached hydrogens (tertiary/aromatic N) is 2. The van der Waals surface area contributed by atoms with Crippen LogP contribution < -0.4 is 0 Å². The molecule has 0 N–H and O–H groups in total. The first-order valence-corrected chi connectivity index (χ1v) is 18.6. The van der Waals surface area contributed by atoms with Crippen LogP contribution in [0.1, 0.15) is 16.7 Å². The van der Waals surface area contributed by atoms with Crippen molar-refractivity contribution in [2.75, 3.05) is 0 Å².